The molecule has 1 heterocycles. The van der Waals surface area contributed by atoms with Crippen LogP contribution in [0.1, 0.15) is 25.7 Å². The summed E-state index contributed by atoms with van der Waals surface area (Å²) in [6.07, 6.45) is 10.8. The molecule has 1 N–H and O–H groups in total. The average Bonchev–Trinajstić information content (AvgIpc) is 2.46. The van der Waals surface area contributed by atoms with Crippen LogP contribution in [0.15, 0.2) is 0 Å². The number of nitrogens with one attached hydrogen (secondary N) is 1. The van der Waals surface area contributed by atoms with Gasteiger partial charge in [0.1, 0.15) is 5.37 Å². The fraction of sp³-hybridized carbons (Fsp3) is 0.778. The number of rotatable bonds is 0. The van der Waals surface area contributed by atoms with E-state index < -0.39 is 0 Å². The van der Waals surface area contributed by atoms with E-state index >= 15 is 0 Å². The molecule has 1 aliphatic heterocycles. The molecule has 2 aliphatic rings. The van der Waals surface area contributed by atoms with E-state index in [4.69, 9.17) is 6.42 Å². The Morgan fingerprint density at radius 3 is 2.91 bits per heavy atom. The lowest BCUT2D eigenvalue weighted by atomic mass is 9.95. The molecule has 1 saturated carbocycles. The van der Waals surface area contributed by atoms with E-state index in [0.29, 0.717) is 5.37 Å². The highest BCUT2D eigenvalue weighted by atomic mass is 32.2. The maximum absolute atomic E-state index is 5.35. The highest BCUT2D eigenvalue weighted by Gasteiger charge is 2.34. The van der Waals surface area contributed by atoms with Gasteiger partial charge in [0.2, 0.25) is 0 Å². The van der Waals surface area contributed by atoms with Crippen molar-refractivity contribution in [1.29, 1.82) is 0 Å². The van der Waals surface area contributed by atoms with E-state index in [1.807, 2.05) is 11.8 Å². The SMILES string of the molecule is C#CC1NC2CCCCC2S1. The molecule has 0 aromatic carbocycles. The van der Waals surface area contributed by atoms with Gasteiger partial charge in [0, 0.05) is 11.3 Å². The predicted molar refractivity (Wildman–Crippen MR) is 49.4 cm³/mol. The summed E-state index contributed by atoms with van der Waals surface area (Å²) in [5.41, 5.74) is 0. The summed E-state index contributed by atoms with van der Waals surface area (Å²) in [6.45, 7) is 0. The van der Waals surface area contributed by atoms with Gasteiger partial charge in [0.05, 0.1) is 0 Å². The quantitative estimate of drug-likeness (QED) is 0.550. The molecule has 2 fully saturated rings. The molecule has 1 saturated heterocycles. The first-order valence-electron chi connectivity index (χ1n) is 4.28. The van der Waals surface area contributed by atoms with E-state index in [9.17, 15) is 0 Å². The number of fused-ring (bicyclic) bond motifs is 1. The van der Waals surface area contributed by atoms with Gasteiger partial charge in [-0.3, -0.25) is 5.32 Å². The second-order valence-electron chi connectivity index (χ2n) is 3.28. The lowest BCUT2D eigenvalue weighted by Gasteiger charge is -2.22. The maximum atomic E-state index is 5.35. The molecule has 0 amide bonds. The zero-order valence-electron chi connectivity index (χ0n) is 6.55. The van der Waals surface area contributed by atoms with Crippen molar-refractivity contribution in [2.45, 2.75) is 42.3 Å². The van der Waals surface area contributed by atoms with Crippen LogP contribution >= 0.6 is 11.8 Å². The Balaban J connectivity index is 1.99. The minimum atomic E-state index is 0.295. The van der Waals surface area contributed by atoms with Crippen molar-refractivity contribution in [2.24, 2.45) is 0 Å². The standard InChI is InChI=1S/C9H13NS/c1-2-9-10-7-5-3-4-6-8(7)11-9/h1,7-10H,3-6H2. The third-order valence-corrected chi connectivity index (χ3v) is 3.99. The highest BCUT2D eigenvalue weighted by molar-refractivity contribution is 8.01. The van der Waals surface area contributed by atoms with Crippen LogP contribution in [0.4, 0.5) is 0 Å². The van der Waals surface area contributed by atoms with Crippen LogP contribution in [0.5, 0.6) is 0 Å². The molecule has 3 unspecified atom stereocenters. The molecule has 0 aromatic rings. The van der Waals surface area contributed by atoms with E-state index in [-0.39, 0.29) is 0 Å². The van der Waals surface area contributed by atoms with Gasteiger partial charge in [-0.15, -0.1) is 18.2 Å². The summed E-state index contributed by atoms with van der Waals surface area (Å²) in [4.78, 5) is 0. The largest absolute Gasteiger partial charge is 0.291 e. The van der Waals surface area contributed by atoms with Crippen LogP contribution in [-0.2, 0) is 0 Å². The summed E-state index contributed by atoms with van der Waals surface area (Å²) in [7, 11) is 0. The van der Waals surface area contributed by atoms with Crippen LogP contribution in [0.3, 0.4) is 0 Å². The summed E-state index contributed by atoms with van der Waals surface area (Å²) in [6, 6.07) is 0.717. The van der Waals surface area contributed by atoms with Crippen LogP contribution < -0.4 is 5.32 Å². The molecule has 0 spiro atoms. The van der Waals surface area contributed by atoms with Crippen LogP contribution in [-0.4, -0.2) is 16.7 Å². The molecule has 11 heavy (non-hydrogen) atoms. The predicted octanol–water partition coefficient (Wildman–Crippen LogP) is 1.59. The third-order valence-electron chi connectivity index (χ3n) is 2.53. The monoisotopic (exact) mass is 167 g/mol. The smallest absolute Gasteiger partial charge is 0.116 e. The normalized spacial score (nSPS) is 43.0. The average molecular weight is 167 g/mol. The fourth-order valence-corrected chi connectivity index (χ4v) is 3.33. The topological polar surface area (TPSA) is 12.0 Å². The Bertz CT molecular complexity index is 170. The molecule has 0 aromatic heterocycles. The Hall–Kier alpha value is -0.130. The lowest BCUT2D eigenvalue weighted by Crippen LogP contribution is -2.34. The van der Waals surface area contributed by atoms with Crippen molar-refractivity contribution >= 4 is 11.8 Å². The van der Waals surface area contributed by atoms with Crippen molar-refractivity contribution in [3.05, 3.63) is 0 Å². The van der Waals surface area contributed by atoms with Crippen LogP contribution in [0.25, 0.3) is 0 Å². The molecule has 2 rings (SSSR count). The van der Waals surface area contributed by atoms with Crippen molar-refractivity contribution in [2.75, 3.05) is 0 Å². The van der Waals surface area contributed by atoms with Crippen molar-refractivity contribution < 1.29 is 0 Å². The number of hydrogen-bond donors (Lipinski definition) is 1. The van der Waals surface area contributed by atoms with E-state index in [1.165, 1.54) is 25.7 Å². The second-order valence-corrected chi connectivity index (χ2v) is 4.63. The zero-order valence-corrected chi connectivity index (χ0v) is 7.36. The summed E-state index contributed by atoms with van der Waals surface area (Å²) in [5, 5.41) is 4.57. The third kappa shape index (κ3) is 1.40. The van der Waals surface area contributed by atoms with Gasteiger partial charge in [0.25, 0.3) is 0 Å². The second kappa shape index (κ2) is 3.08. The van der Waals surface area contributed by atoms with Crippen LogP contribution in [0, 0.1) is 12.3 Å². The van der Waals surface area contributed by atoms with Gasteiger partial charge in [0.15, 0.2) is 0 Å². The van der Waals surface area contributed by atoms with Crippen LogP contribution in [0.2, 0.25) is 0 Å². The lowest BCUT2D eigenvalue weighted by molar-refractivity contribution is 0.411. The van der Waals surface area contributed by atoms with Crippen molar-refractivity contribution in [1.82, 2.24) is 5.32 Å². The molecule has 1 nitrogen and oxygen atoms in total. The van der Waals surface area contributed by atoms with E-state index in [1.54, 1.807) is 0 Å². The Labute approximate surface area is 72.3 Å². The zero-order chi connectivity index (χ0) is 7.68. The number of thioether (sulfide) groups is 1. The Morgan fingerprint density at radius 2 is 2.18 bits per heavy atom. The Morgan fingerprint density at radius 1 is 1.36 bits per heavy atom. The van der Waals surface area contributed by atoms with Gasteiger partial charge in [-0.05, 0) is 12.8 Å². The minimum Gasteiger partial charge on any atom is -0.291 e. The first-order valence-corrected chi connectivity index (χ1v) is 5.22. The van der Waals surface area contributed by atoms with Crippen molar-refractivity contribution in [3.8, 4) is 12.3 Å². The summed E-state index contributed by atoms with van der Waals surface area (Å²) in [5.74, 6) is 2.77. The first-order chi connectivity index (χ1) is 5.40. The van der Waals surface area contributed by atoms with Crippen molar-refractivity contribution in [3.63, 3.8) is 0 Å². The maximum Gasteiger partial charge on any atom is 0.116 e. The molecular weight excluding hydrogens is 154 g/mol. The van der Waals surface area contributed by atoms with E-state index in [0.717, 1.165) is 11.3 Å². The molecule has 1 aliphatic carbocycles. The fourth-order valence-electron chi connectivity index (χ4n) is 1.95. The molecule has 3 atom stereocenters. The molecule has 0 radical (unpaired) electrons. The number of hydrogen-bond acceptors (Lipinski definition) is 2. The summed E-state index contributed by atoms with van der Waals surface area (Å²) < 4.78 is 0. The van der Waals surface area contributed by atoms with E-state index in [2.05, 4.69) is 11.2 Å². The van der Waals surface area contributed by atoms with Gasteiger partial charge < -0.3 is 0 Å². The Kier molecular flexibility index (Phi) is 2.11. The van der Waals surface area contributed by atoms with Gasteiger partial charge in [-0.2, -0.15) is 0 Å². The molecular formula is C9H13NS. The van der Waals surface area contributed by atoms with Gasteiger partial charge in [-0.1, -0.05) is 18.8 Å². The minimum absolute atomic E-state index is 0.295. The first kappa shape index (κ1) is 7.52. The number of terminal acetylenes is 1. The molecule has 0 bridgehead atoms. The van der Waals surface area contributed by atoms with Gasteiger partial charge >= 0.3 is 0 Å². The summed E-state index contributed by atoms with van der Waals surface area (Å²) >= 11 is 1.95. The van der Waals surface area contributed by atoms with Gasteiger partial charge in [-0.25, -0.2) is 0 Å². The molecule has 60 valence electrons. The highest BCUT2D eigenvalue weighted by Crippen LogP contribution is 2.36. The molecule has 2 heteroatoms.